The first-order valence-corrected chi connectivity index (χ1v) is 4.33. The van der Waals surface area contributed by atoms with Crippen molar-refractivity contribution in [3.63, 3.8) is 0 Å². The van der Waals surface area contributed by atoms with Crippen LogP contribution in [0.5, 0.6) is 5.75 Å². The van der Waals surface area contributed by atoms with Gasteiger partial charge in [-0.2, -0.15) is 0 Å². The van der Waals surface area contributed by atoms with E-state index in [0.717, 1.165) is 16.9 Å². The number of hydrogen-bond acceptors (Lipinski definition) is 2. The zero-order valence-corrected chi connectivity index (χ0v) is 8.39. The summed E-state index contributed by atoms with van der Waals surface area (Å²) in [7, 11) is 1.61. The highest BCUT2D eigenvalue weighted by Gasteiger charge is 2.03. The molecular formula is C10H11ClO2. The molecule has 0 heterocycles. The van der Waals surface area contributed by atoms with E-state index in [2.05, 4.69) is 0 Å². The molecule has 1 aromatic rings. The number of ether oxygens (including phenoxy) is 1. The third kappa shape index (κ3) is 2.74. The first kappa shape index (κ1) is 10.1. The number of carbonyl (C=O) groups is 1. The highest BCUT2D eigenvalue weighted by molar-refractivity contribution is 6.63. The zero-order chi connectivity index (χ0) is 9.84. The quantitative estimate of drug-likeness (QED) is 0.697. The Kier molecular flexibility index (Phi) is 3.32. The molecule has 0 N–H and O–H groups in total. The fourth-order valence-corrected chi connectivity index (χ4v) is 1.29. The van der Waals surface area contributed by atoms with E-state index in [1.807, 2.05) is 25.1 Å². The van der Waals surface area contributed by atoms with Gasteiger partial charge in [-0.3, -0.25) is 4.79 Å². The van der Waals surface area contributed by atoms with Gasteiger partial charge in [0.15, 0.2) is 0 Å². The van der Waals surface area contributed by atoms with Crippen LogP contribution in [-0.2, 0) is 11.2 Å². The molecule has 0 aromatic heterocycles. The normalized spacial score (nSPS) is 9.77. The van der Waals surface area contributed by atoms with Crippen LogP contribution in [0.1, 0.15) is 11.1 Å². The van der Waals surface area contributed by atoms with E-state index in [0.29, 0.717) is 0 Å². The van der Waals surface area contributed by atoms with Crippen LogP contribution in [0.25, 0.3) is 0 Å². The van der Waals surface area contributed by atoms with Crippen LogP contribution >= 0.6 is 11.6 Å². The van der Waals surface area contributed by atoms with Gasteiger partial charge in [-0.1, -0.05) is 6.07 Å². The van der Waals surface area contributed by atoms with Crippen molar-refractivity contribution in [3.05, 3.63) is 29.3 Å². The lowest BCUT2D eigenvalue weighted by molar-refractivity contribution is -0.111. The molecule has 0 saturated carbocycles. The van der Waals surface area contributed by atoms with Gasteiger partial charge in [-0.15, -0.1) is 0 Å². The Morgan fingerprint density at radius 2 is 2.23 bits per heavy atom. The number of hydrogen-bond donors (Lipinski definition) is 0. The molecular weight excluding hydrogens is 188 g/mol. The van der Waals surface area contributed by atoms with E-state index in [1.54, 1.807) is 7.11 Å². The summed E-state index contributed by atoms with van der Waals surface area (Å²) in [5, 5.41) is -0.340. The second kappa shape index (κ2) is 4.28. The molecule has 1 rings (SSSR count). The van der Waals surface area contributed by atoms with Crippen LogP contribution < -0.4 is 4.74 Å². The van der Waals surface area contributed by atoms with E-state index < -0.39 is 0 Å². The van der Waals surface area contributed by atoms with Crippen LogP contribution in [0.3, 0.4) is 0 Å². The van der Waals surface area contributed by atoms with Gasteiger partial charge < -0.3 is 4.74 Å². The molecule has 0 atom stereocenters. The molecule has 0 spiro atoms. The van der Waals surface area contributed by atoms with Crippen molar-refractivity contribution in [1.82, 2.24) is 0 Å². The number of halogens is 1. The first-order valence-electron chi connectivity index (χ1n) is 3.95. The lowest BCUT2D eigenvalue weighted by Gasteiger charge is -2.05. The molecule has 13 heavy (non-hydrogen) atoms. The third-order valence-corrected chi connectivity index (χ3v) is 2.01. The van der Waals surface area contributed by atoms with Gasteiger partial charge in [0.1, 0.15) is 5.75 Å². The highest BCUT2D eigenvalue weighted by atomic mass is 35.5. The van der Waals surface area contributed by atoms with Crippen LogP contribution in [0.2, 0.25) is 0 Å². The van der Waals surface area contributed by atoms with Gasteiger partial charge >= 0.3 is 0 Å². The van der Waals surface area contributed by atoms with E-state index in [9.17, 15) is 4.79 Å². The molecule has 3 heteroatoms. The summed E-state index contributed by atoms with van der Waals surface area (Å²) in [6.45, 7) is 1.93. The van der Waals surface area contributed by atoms with Crippen molar-refractivity contribution < 1.29 is 9.53 Å². The highest BCUT2D eigenvalue weighted by Crippen LogP contribution is 2.17. The minimum Gasteiger partial charge on any atom is -0.497 e. The smallest absolute Gasteiger partial charge is 0.226 e. The van der Waals surface area contributed by atoms with Crippen LogP contribution in [0.4, 0.5) is 0 Å². The standard InChI is InChI=1S/C10H11ClO2/c1-7-5-9(13-2)4-3-8(7)6-10(11)12/h3-5H,6H2,1-2H3. The Labute approximate surface area is 82.5 Å². The molecule has 0 aliphatic carbocycles. The lowest BCUT2D eigenvalue weighted by atomic mass is 10.1. The van der Waals surface area contributed by atoms with Gasteiger partial charge in [0.05, 0.1) is 7.11 Å². The summed E-state index contributed by atoms with van der Waals surface area (Å²) >= 11 is 5.29. The first-order chi connectivity index (χ1) is 6.13. The maximum Gasteiger partial charge on any atom is 0.226 e. The fourth-order valence-electron chi connectivity index (χ4n) is 1.14. The average Bonchev–Trinajstić information content (AvgIpc) is 2.08. The summed E-state index contributed by atoms with van der Waals surface area (Å²) < 4.78 is 5.04. The molecule has 0 aliphatic heterocycles. The van der Waals surface area contributed by atoms with Gasteiger partial charge in [0.2, 0.25) is 5.24 Å². The Morgan fingerprint density at radius 3 is 2.69 bits per heavy atom. The molecule has 0 saturated heterocycles. The number of aryl methyl sites for hydroxylation is 1. The predicted molar refractivity (Wildman–Crippen MR) is 52.3 cm³/mol. The number of methoxy groups -OCH3 is 1. The molecule has 0 fully saturated rings. The molecule has 1 aromatic carbocycles. The minimum absolute atomic E-state index is 0.275. The molecule has 0 amide bonds. The van der Waals surface area contributed by atoms with Crippen LogP contribution in [0.15, 0.2) is 18.2 Å². The Morgan fingerprint density at radius 1 is 1.54 bits per heavy atom. The van der Waals surface area contributed by atoms with Gasteiger partial charge in [-0.05, 0) is 41.8 Å². The van der Waals surface area contributed by atoms with Crippen molar-refractivity contribution in [2.24, 2.45) is 0 Å². The molecule has 70 valence electrons. The van der Waals surface area contributed by atoms with E-state index in [4.69, 9.17) is 16.3 Å². The SMILES string of the molecule is COc1ccc(CC(=O)Cl)c(C)c1. The fraction of sp³-hybridized carbons (Fsp3) is 0.300. The van der Waals surface area contributed by atoms with E-state index in [1.165, 1.54) is 0 Å². The third-order valence-electron chi connectivity index (χ3n) is 1.88. The van der Waals surface area contributed by atoms with Crippen molar-refractivity contribution in [2.45, 2.75) is 13.3 Å². The van der Waals surface area contributed by atoms with Crippen LogP contribution in [0, 0.1) is 6.92 Å². The Hall–Kier alpha value is -1.02. The number of benzene rings is 1. The lowest BCUT2D eigenvalue weighted by Crippen LogP contribution is -1.96. The van der Waals surface area contributed by atoms with Crippen molar-refractivity contribution in [2.75, 3.05) is 7.11 Å². The van der Waals surface area contributed by atoms with E-state index >= 15 is 0 Å². The van der Waals surface area contributed by atoms with Gasteiger partial charge in [-0.25, -0.2) is 0 Å². The zero-order valence-electron chi connectivity index (χ0n) is 7.63. The van der Waals surface area contributed by atoms with Gasteiger partial charge in [0, 0.05) is 6.42 Å². The average molecular weight is 199 g/mol. The second-order valence-electron chi connectivity index (χ2n) is 2.82. The molecule has 0 aliphatic rings. The topological polar surface area (TPSA) is 26.3 Å². The Balaban J connectivity index is 2.91. The molecule has 2 nitrogen and oxygen atoms in total. The second-order valence-corrected chi connectivity index (χ2v) is 3.25. The predicted octanol–water partition coefficient (Wildman–Crippen LogP) is 2.31. The van der Waals surface area contributed by atoms with Crippen LogP contribution in [-0.4, -0.2) is 12.4 Å². The summed E-state index contributed by atoms with van der Waals surface area (Å²) in [5.74, 6) is 0.795. The maximum absolute atomic E-state index is 10.7. The molecule has 0 bridgehead atoms. The number of carbonyl (C=O) groups excluding carboxylic acids is 1. The van der Waals surface area contributed by atoms with Crippen molar-refractivity contribution in [1.29, 1.82) is 0 Å². The largest absolute Gasteiger partial charge is 0.497 e. The molecule has 0 unspecified atom stereocenters. The van der Waals surface area contributed by atoms with Gasteiger partial charge in [0.25, 0.3) is 0 Å². The minimum atomic E-state index is -0.340. The maximum atomic E-state index is 10.7. The van der Waals surface area contributed by atoms with E-state index in [-0.39, 0.29) is 11.7 Å². The monoisotopic (exact) mass is 198 g/mol. The van der Waals surface area contributed by atoms with Crippen molar-refractivity contribution in [3.8, 4) is 5.75 Å². The summed E-state index contributed by atoms with van der Waals surface area (Å²) in [5.41, 5.74) is 1.97. The summed E-state index contributed by atoms with van der Waals surface area (Å²) in [6, 6.07) is 5.56. The molecule has 0 radical (unpaired) electrons. The Bertz CT molecular complexity index is 321. The summed E-state index contributed by atoms with van der Waals surface area (Å²) in [6.07, 6.45) is 0.275. The van der Waals surface area contributed by atoms with Crippen molar-refractivity contribution >= 4 is 16.8 Å². The number of rotatable bonds is 3. The summed E-state index contributed by atoms with van der Waals surface area (Å²) in [4.78, 5) is 10.7.